The normalized spacial score (nSPS) is 35.9. The lowest BCUT2D eigenvalue weighted by molar-refractivity contribution is -0.136. The summed E-state index contributed by atoms with van der Waals surface area (Å²) in [4.78, 5) is 13.5. The highest BCUT2D eigenvalue weighted by atomic mass is 32.1. The zero-order chi connectivity index (χ0) is 13.5. The van der Waals surface area contributed by atoms with Crippen molar-refractivity contribution in [2.45, 2.75) is 31.0 Å². The first-order chi connectivity index (χ1) is 8.40. The van der Waals surface area contributed by atoms with Gasteiger partial charge in [-0.1, -0.05) is 0 Å². The molecule has 1 saturated heterocycles. The molecule has 18 heavy (non-hydrogen) atoms. The Morgan fingerprint density at radius 3 is 2.78 bits per heavy atom. The minimum absolute atomic E-state index is 0.0647. The lowest BCUT2D eigenvalue weighted by atomic mass is 10.0. The molecule has 7 nitrogen and oxygen atoms in total. The first kappa shape index (κ1) is 13.4. The van der Waals surface area contributed by atoms with Crippen LogP contribution in [-0.4, -0.2) is 49.8 Å². The molecule has 2 rings (SSSR count). The number of aliphatic hydroxyl groups excluding tert-OH is 3. The molecule has 2 heterocycles. The number of H-pyrrole nitrogens is 1. The Morgan fingerprint density at radius 1 is 1.61 bits per heavy atom. The Bertz CT molecular complexity index is 556. The molecule has 1 aromatic heterocycles. The fourth-order valence-electron chi connectivity index (χ4n) is 2.08. The minimum Gasteiger partial charge on any atom is -0.394 e. The number of nitrogens with zero attached hydrogens (tertiary/aromatic N) is 1. The smallest absolute Gasteiger partial charge is 0.251 e. The van der Waals surface area contributed by atoms with Crippen LogP contribution in [0.5, 0.6) is 0 Å². The van der Waals surface area contributed by atoms with E-state index in [4.69, 9.17) is 22.1 Å². The summed E-state index contributed by atoms with van der Waals surface area (Å²) in [5.41, 5.74) is -1.71. The quantitative estimate of drug-likeness (QED) is 0.499. The predicted molar refractivity (Wildman–Crippen MR) is 63.5 cm³/mol. The van der Waals surface area contributed by atoms with Gasteiger partial charge in [-0.25, -0.2) is 0 Å². The van der Waals surface area contributed by atoms with E-state index in [0.717, 1.165) is 0 Å². The van der Waals surface area contributed by atoms with Crippen LogP contribution in [0, 0.1) is 4.77 Å². The summed E-state index contributed by atoms with van der Waals surface area (Å²) in [6, 6.07) is 1.23. The Morgan fingerprint density at radius 2 is 2.28 bits per heavy atom. The van der Waals surface area contributed by atoms with Gasteiger partial charge in [0, 0.05) is 12.3 Å². The van der Waals surface area contributed by atoms with Crippen molar-refractivity contribution >= 4 is 12.2 Å². The zero-order valence-corrected chi connectivity index (χ0v) is 10.4. The van der Waals surface area contributed by atoms with E-state index in [1.807, 2.05) is 0 Å². The Hall–Kier alpha value is -1.06. The summed E-state index contributed by atoms with van der Waals surface area (Å²) in [5, 5.41) is 28.8. The van der Waals surface area contributed by atoms with E-state index < -0.39 is 30.6 Å². The molecule has 100 valence electrons. The Kier molecular flexibility index (Phi) is 3.39. The van der Waals surface area contributed by atoms with Gasteiger partial charge in [0.25, 0.3) is 5.56 Å². The molecule has 0 amide bonds. The highest BCUT2D eigenvalue weighted by molar-refractivity contribution is 7.71. The molecule has 8 heteroatoms. The van der Waals surface area contributed by atoms with Crippen LogP contribution in [0.25, 0.3) is 0 Å². The van der Waals surface area contributed by atoms with Gasteiger partial charge in [0.1, 0.15) is 18.3 Å². The van der Waals surface area contributed by atoms with Crippen LogP contribution >= 0.6 is 12.2 Å². The summed E-state index contributed by atoms with van der Waals surface area (Å²) >= 11 is 4.99. The second-order valence-corrected chi connectivity index (χ2v) is 4.70. The van der Waals surface area contributed by atoms with Gasteiger partial charge in [-0.3, -0.25) is 14.3 Å². The van der Waals surface area contributed by atoms with Crippen LogP contribution in [0.15, 0.2) is 17.1 Å². The van der Waals surface area contributed by atoms with Crippen LogP contribution in [0.1, 0.15) is 6.92 Å². The third kappa shape index (κ3) is 1.91. The molecule has 0 spiro atoms. The first-order valence-electron chi connectivity index (χ1n) is 5.37. The largest absolute Gasteiger partial charge is 0.394 e. The van der Waals surface area contributed by atoms with Gasteiger partial charge in [0.05, 0.1) is 6.61 Å². The van der Waals surface area contributed by atoms with Crippen LogP contribution in [0.3, 0.4) is 0 Å². The second kappa shape index (κ2) is 4.56. The zero-order valence-electron chi connectivity index (χ0n) is 9.61. The van der Waals surface area contributed by atoms with Crippen LogP contribution in [-0.2, 0) is 10.5 Å². The SMILES string of the molecule is C[C@@]1(n2ccc(=O)[nH]c2=S)O[C@H](CO)[C@@H](O)[C@H]1O. The predicted octanol–water partition coefficient (Wildman–Crippen LogP) is -1.31. The molecule has 1 aliphatic rings. The highest BCUT2D eigenvalue weighted by Crippen LogP contribution is 2.34. The van der Waals surface area contributed by atoms with Crippen molar-refractivity contribution in [1.29, 1.82) is 0 Å². The van der Waals surface area contributed by atoms with Crippen molar-refractivity contribution in [3.05, 3.63) is 27.4 Å². The third-order valence-corrected chi connectivity index (χ3v) is 3.42. The van der Waals surface area contributed by atoms with E-state index in [1.165, 1.54) is 23.8 Å². The fraction of sp³-hybridized carbons (Fsp3) is 0.600. The number of aliphatic hydroxyl groups is 3. The van der Waals surface area contributed by atoms with Crippen molar-refractivity contribution in [1.82, 2.24) is 9.55 Å². The molecule has 4 atom stereocenters. The number of hydrogen-bond donors (Lipinski definition) is 4. The van der Waals surface area contributed by atoms with Crippen molar-refractivity contribution in [3.63, 3.8) is 0 Å². The summed E-state index contributed by atoms with van der Waals surface area (Å²) in [6.07, 6.45) is -2.03. The fourth-order valence-corrected chi connectivity index (χ4v) is 2.42. The summed E-state index contributed by atoms with van der Waals surface area (Å²) in [7, 11) is 0. The highest BCUT2D eigenvalue weighted by Gasteiger charge is 2.52. The molecule has 1 aliphatic heterocycles. The molecule has 0 aliphatic carbocycles. The van der Waals surface area contributed by atoms with Gasteiger partial charge in [-0.15, -0.1) is 0 Å². The molecule has 0 unspecified atom stereocenters. The maximum Gasteiger partial charge on any atom is 0.251 e. The van der Waals surface area contributed by atoms with Gasteiger partial charge in [0.2, 0.25) is 0 Å². The van der Waals surface area contributed by atoms with Gasteiger partial charge < -0.3 is 20.1 Å². The molecular formula is C10H14N2O5S. The van der Waals surface area contributed by atoms with Crippen molar-refractivity contribution in [3.8, 4) is 0 Å². The van der Waals surface area contributed by atoms with E-state index in [9.17, 15) is 15.0 Å². The molecule has 0 aromatic carbocycles. The van der Waals surface area contributed by atoms with Gasteiger partial charge in [-0.2, -0.15) is 0 Å². The number of aromatic amines is 1. The van der Waals surface area contributed by atoms with Crippen molar-refractivity contribution in [2.24, 2.45) is 0 Å². The number of rotatable bonds is 2. The van der Waals surface area contributed by atoms with Gasteiger partial charge in [0.15, 0.2) is 10.5 Å². The van der Waals surface area contributed by atoms with E-state index in [0.29, 0.717) is 0 Å². The van der Waals surface area contributed by atoms with Crippen molar-refractivity contribution < 1.29 is 20.1 Å². The summed E-state index contributed by atoms with van der Waals surface area (Å²) in [5.74, 6) is 0. The molecule has 0 saturated carbocycles. The van der Waals surface area contributed by atoms with Crippen LogP contribution in [0.4, 0.5) is 0 Å². The third-order valence-electron chi connectivity index (χ3n) is 3.13. The summed E-state index contributed by atoms with van der Waals surface area (Å²) < 4.78 is 6.86. The van der Waals surface area contributed by atoms with E-state index >= 15 is 0 Å². The standard InChI is InChI=1S/C10H14N2O5S/c1-10(8(16)7(15)5(4-13)17-10)12-3-2-6(14)11-9(12)18/h2-3,5,7-8,13,15-16H,4H2,1H3,(H,11,14,18)/t5-,7-,8-,10-/m1/s1. The molecular weight excluding hydrogens is 260 g/mol. The van der Waals surface area contributed by atoms with Crippen LogP contribution < -0.4 is 5.56 Å². The Balaban J connectivity index is 2.49. The maximum absolute atomic E-state index is 11.1. The lowest BCUT2D eigenvalue weighted by Gasteiger charge is -2.30. The summed E-state index contributed by atoms with van der Waals surface area (Å²) in [6.45, 7) is 1.09. The number of nitrogens with one attached hydrogen (secondary N) is 1. The molecule has 1 aromatic rings. The van der Waals surface area contributed by atoms with E-state index in [2.05, 4.69) is 4.98 Å². The van der Waals surface area contributed by atoms with Gasteiger partial charge in [-0.05, 0) is 19.1 Å². The number of aromatic nitrogens is 2. The molecule has 0 radical (unpaired) electrons. The second-order valence-electron chi connectivity index (χ2n) is 4.31. The molecule has 0 bridgehead atoms. The van der Waals surface area contributed by atoms with Crippen molar-refractivity contribution in [2.75, 3.05) is 6.61 Å². The first-order valence-corrected chi connectivity index (χ1v) is 5.78. The van der Waals surface area contributed by atoms with E-state index in [1.54, 1.807) is 0 Å². The topological polar surface area (TPSA) is 108 Å². The average Bonchev–Trinajstić information content (AvgIpc) is 2.54. The minimum atomic E-state index is -1.34. The van der Waals surface area contributed by atoms with E-state index in [-0.39, 0.29) is 10.3 Å². The molecule has 1 fully saturated rings. The maximum atomic E-state index is 11.1. The number of hydrogen-bond acceptors (Lipinski definition) is 6. The molecule has 4 N–H and O–H groups in total. The van der Waals surface area contributed by atoms with Crippen LogP contribution in [0.2, 0.25) is 0 Å². The number of ether oxygens (including phenoxy) is 1. The lowest BCUT2D eigenvalue weighted by Crippen LogP contribution is -2.44. The monoisotopic (exact) mass is 274 g/mol. The average molecular weight is 274 g/mol. The van der Waals surface area contributed by atoms with Gasteiger partial charge >= 0.3 is 0 Å². The Labute approximate surface area is 107 Å².